The van der Waals surface area contributed by atoms with Crippen molar-refractivity contribution in [3.05, 3.63) is 22.2 Å². The Kier molecular flexibility index (Phi) is 5.48. The highest BCUT2D eigenvalue weighted by Crippen LogP contribution is 2.23. The van der Waals surface area contributed by atoms with E-state index in [0.717, 1.165) is 0 Å². The summed E-state index contributed by atoms with van der Waals surface area (Å²) in [5.41, 5.74) is 7.19. The summed E-state index contributed by atoms with van der Waals surface area (Å²) in [6, 6.07) is 2.73. The molecule has 1 heterocycles. The molecule has 0 unspecified atom stereocenters. The average Bonchev–Trinajstić information content (AvgIpc) is 2.37. The van der Waals surface area contributed by atoms with Gasteiger partial charge in [-0.3, -0.25) is 14.9 Å². The maximum Gasteiger partial charge on any atom is 0.311 e. The lowest BCUT2D eigenvalue weighted by molar-refractivity contribution is -0.384. The number of hydrogen-bond donors (Lipinski definition) is 4. The number of nitrogens with two attached hydrogens (primary N) is 2. The Bertz CT molecular complexity index is 465. The number of hydrazine groups is 1. The summed E-state index contributed by atoms with van der Waals surface area (Å²) in [6.07, 6.45) is 1.56. The zero-order valence-electron chi connectivity index (χ0n) is 10.3. The molecule has 0 radical (unpaired) electrons. The highest BCUT2D eigenvalue weighted by Gasteiger charge is 2.15. The van der Waals surface area contributed by atoms with E-state index in [1.54, 1.807) is 0 Å². The summed E-state index contributed by atoms with van der Waals surface area (Å²) in [7, 11) is 0. The fourth-order valence-electron chi connectivity index (χ4n) is 1.44. The molecule has 6 N–H and O–H groups in total. The number of hydrogen-bond acceptors (Lipinski definition) is 7. The third kappa shape index (κ3) is 4.76. The molecule has 0 saturated heterocycles. The van der Waals surface area contributed by atoms with E-state index in [0.29, 0.717) is 31.6 Å². The summed E-state index contributed by atoms with van der Waals surface area (Å²) < 4.78 is 0. The summed E-state index contributed by atoms with van der Waals surface area (Å²) in [5, 5.41) is 13.7. The van der Waals surface area contributed by atoms with Crippen molar-refractivity contribution in [1.29, 1.82) is 0 Å². The monoisotopic (exact) mass is 268 g/mol. The lowest BCUT2D eigenvalue weighted by Crippen LogP contribution is -2.13. The van der Waals surface area contributed by atoms with Gasteiger partial charge < -0.3 is 16.5 Å². The number of pyridine rings is 1. The van der Waals surface area contributed by atoms with Gasteiger partial charge in [0.25, 0.3) is 0 Å². The van der Waals surface area contributed by atoms with Crippen molar-refractivity contribution in [1.82, 2.24) is 4.98 Å². The number of carbonyl (C=O) groups is 1. The Balaban J connectivity index is 2.59. The molecule has 1 amide bonds. The second-order valence-corrected chi connectivity index (χ2v) is 3.82. The first-order valence-electron chi connectivity index (χ1n) is 5.69. The number of nitrogens with one attached hydrogen (secondary N) is 2. The number of nitrogen functional groups attached to an aromatic ring is 1. The Labute approximate surface area is 109 Å². The van der Waals surface area contributed by atoms with E-state index < -0.39 is 4.92 Å². The second-order valence-electron chi connectivity index (χ2n) is 3.82. The van der Waals surface area contributed by atoms with Gasteiger partial charge >= 0.3 is 5.69 Å². The van der Waals surface area contributed by atoms with Gasteiger partial charge in [0.15, 0.2) is 0 Å². The second kappa shape index (κ2) is 7.11. The normalized spacial score (nSPS) is 9.95. The molecule has 9 nitrogen and oxygen atoms in total. The van der Waals surface area contributed by atoms with E-state index in [-0.39, 0.29) is 17.4 Å². The molecule has 0 saturated carbocycles. The maximum atomic E-state index is 10.8. The molecule has 0 aliphatic rings. The van der Waals surface area contributed by atoms with Crippen LogP contribution in [0.1, 0.15) is 19.3 Å². The highest BCUT2D eigenvalue weighted by atomic mass is 16.6. The predicted octanol–water partition coefficient (Wildman–Crippen LogP) is 0.343. The van der Waals surface area contributed by atoms with Crippen molar-refractivity contribution >= 4 is 23.2 Å². The van der Waals surface area contributed by atoms with E-state index in [4.69, 9.17) is 11.6 Å². The van der Waals surface area contributed by atoms with Crippen LogP contribution >= 0.6 is 0 Å². The molecule has 1 aromatic heterocycles. The number of unbranched alkanes of at least 4 members (excludes halogenated alkanes) is 1. The Morgan fingerprint density at radius 1 is 1.42 bits per heavy atom. The lowest BCUT2D eigenvalue weighted by atomic mass is 10.2. The minimum absolute atomic E-state index is 0.131. The Morgan fingerprint density at radius 2 is 2.16 bits per heavy atom. The van der Waals surface area contributed by atoms with Gasteiger partial charge in [-0.1, -0.05) is 0 Å². The van der Waals surface area contributed by atoms with E-state index in [1.807, 2.05) is 0 Å². The summed E-state index contributed by atoms with van der Waals surface area (Å²) in [6.45, 7) is 0.454. The van der Waals surface area contributed by atoms with Gasteiger partial charge in [-0.25, -0.2) is 10.8 Å². The molecule has 1 aromatic rings. The van der Waals surface area contributed by atoms with Crippen LogP contribution in [0.3, 0.4) is 0 Å². The fraction of sp³-hybridized carbons (Fsp3) is 0.400. The third-order valence-corrected chi connectivity index (χ3v) is 2.36. The highest BCUT2D eigenvalue weighted by molar-refractivity contribution is 5.73. The summed E-state index contributed by atoms with van der Waals surface area (Å²) in [4.78, 5) is 24.8. The molecular formula is C10H16N6O3. The average molecular weight is 268 g/mol. The van der Waals surface area contributed by atoms with Gasteiger partial charge in [-0.15, -0.1) is 0 Å². The van der Waals surface area contributed by atoms with Crippen molar-refractivity contribution in [3.8, 4) is 0 Å². The van der Waals surface area contributed by atoms with Gasteiger partial charge in [0.1, 0.15) is 5.82 Å². The predicted molar refractivity (Wildman–Crippen MR) is 70.2 cm³/mol. The molecule has 19 heavy (non-hydrogen) atoms. The quantitative estimate of drug-likeness (QED) is 0.230. The van der Waals surface area contributed by atoms with Crippen LogP contribution in [-0.4, -0.2) is 22.4 Å². The first-order valence-corrected chi connectivity index (χ1v) is 5.69. The minimum atomic E-state index is -0.529. The molecule has 0 aliphatic carbocycles. The van der Waals surface area contributed by atoms with E-state index in [9.17, 15) is 14.9 Å². The van der Waals surface area contributed by atoms with Crippen LogP contribution in [0.2, 0.25) is 0 Å². The molecule has 0 atom stereocenters. The first kappa shape index (κ1) is 14.6. The van der Waals surface area contributed by atoms with Gasteiger partial charge in [-0.05, 0) is 18.9 Å². The molecule has 0 aromatic carbocycles. The molecule has 0 fully saturated rings. The van der Waals surface area contributed by atoms with Crippen LogP contribution < -0.4 is 22.3 Å². The van der Waals surface area contributed by atoms with Crippen LogP contribution in [0, 0.1) is 10.1 Å². The number of carbonyl (C=O) groups excluding carboxylic acids is 1. The molecule has 104 valence electrons. The zero-order valence-corrected chi connectivity index (χ0v) is 10.3. The van der Waals surface area contributed by atoms with Gasteiger partial charge in [0.05, 0.1) is 4.92 Å². The van der Waals surface area contributed by atoms with Crippen molar-refractivity contribution < 1.29 is 9.72 Å². The van der Waals surface area contributed by atoms with Crippen LogP contribution in [0.4, 0.5) is 17.3 Å². The topological polar surface area (TPSA) is 149 Å². The minimum Gasteiger partial charge on any atom is -0.370 e. The fourth-order valence-corrected chi connectivity index (χ4v) is 1.44. The molecule has 1 rings (SSSR count). The maximum absolute atomic E-state index is 10.8. The smallest absolute Gasteiger partial charge is 0.311 e. The zero-order chi connectivity index (χ0) is 14.3. The molecule has 0 bridgehead atoms. The summed E-state index contributed by atoms with van der Waals surface area (Å²) in [5.74, 6) is 5.29. The van der Waals surface area contributed by atoms with E-state index in [1.165, 1.54) is 12.1 Å². The third-order valence-electron chi connectivity index (χ3n) is 2.36. The Hall–Kier alpha value is -2.42. The number of nitro groups is 1. The largest absolute Gasteiger partial charge is 0.370 e. The first-order chi connectivity index (χ1) is 9.04. The van der Waals surface area contributed by atoms with E-state index in [2.05, 4.69) is 15.7 Å². The van der Waals surface area contributed by atoms with Gasteiger partial charge in [0.2, 0.25) is 11.7 Å². The van der Waals surface area contributed by atoms with Crippen LogP contribution in [0.25, 0.3) is 0 Å². The molecule has 0 spiro atoms. The van der Waals surface area contributed by atoms with Crippen molar-refractivity contribution in [2.45, 2.75) is 19.3 Å². The number of amides is 1. The van der Waals surface area contributed by atoms with Crippen molar-refractivity contribution in [2.75, 3.05) is 17.3 Å². The summed E-state index contributed by atoms with van der Waals surface area (Å²) >= 11 is 0. The number of anilines is 2. The number of nitrogens with zero attached hydrogens (tertiary/aromatic N) is 2. The van der Waals surface area contributed by atoms with Crippen molar-refractivity contribution in [2.24, 2.45) is 11.6 Å². The number of rotatable bonds is 8. The lowest BCUT2D eigenvalue weighted by Gasteiger charge is -2.07. The SMILES string of the molecule is NNc1ccc([N+](=O)[O-])c(NCCCCC(N)=O)n1. The van der Waals surface area contributed by atoms with Crippen LogP contribution in [0.5, 0.6) is 0 Å². The van der Waals surface area contributed by atoms with Gasteiger partial charge in [-0.2, -0.15) is 0 Å². The number of primary amides is 1. The molecular weight excluding hydrogens is 252 g/mol. The van der Waals surface area contributed by atoms with Crippen molar-refractivity contribution in [3.63, 3.8) is 0 Å². The van der Waals surface area contributed by atoms with Crippen LogP contribution in [-0.2, 0) is 4.79 Å². The molecule has 0 aliphatic heterocycles. The standard InChI is InChI=1S/C10H16N6O3/c11-8(17)3-1-2-6-13-10-7(16(18)19)4-5-9(14-10)15-12/h4-5H,1-3,6,12H2,(H2,11,17)(H2,13,14,15). The van der Waals surface area contributed by atoms with Gasteiger partial charge in [0, 0.05) is 19.0 Å². The number of aromatic nitrogens is 1. The molecule has 9 heteroatoms. The Morgan fingerprint density at radius 3 is 2.74 bits per heavy atom. The van der Waals surface area contributed by atoms with E-state index >= 15 is 0 Å². The van der Waals surface area contributed by atoms with Crippen LogP contribution in [0.15, 0.2) is 12.1 Å².